The molecule has 0 bridgehead atoms. The van der Waals surface area contributed by atoms with E-state index in [-0.39, 0.29) is 21.7 Å². The van der Waals surface area contributed by atoms with Crippen LogP contribution in [0.25, 0.3) is 11.3 Å². The molecule has 13 heteroatoms. The smallest absolute Gasteiger partial charge is 0.266 e. The minimum absolute atomic E-state index is 0.0250. The molecule has 0 aliphatic rings. The fraction of sp³-hybridized carbons (Fsp3) is 0.0556. The maximum atomic E-state index is 14.7. The molecule has 160 valence electrons. The molecule has 31 heavy (non-hydrogen) atoms. The standard InChI is InChI=1S/C18H12ClF2N5O3S2/c1-26-14(4-5-23-26)11-6-10(20)2-3-15(11)29-16-8-13(21)17(7-12(16)19)31(27,28)25-18-24-22-9-30-18/h2-9H,1H3,(H,24,25). The third-order valence-electron chi connectivity index (χ3n) is 4.12. The Hall–Kier alpha value is -3.09. The van der Waals surface area contributed by atoms with Gasteiger partial charge in [0, 0.05) is 24.9 Å². The summed E-state index contributed by atoms with van der Waals surface area (Å²) < 4.78 is 62.8. The first-order valence-corrected chi connectivity index (χ1v) is 11.2. The zero-order valence-corrected chi connectivity index (χ0v) is 18.0. The fourth-order valence-electron chi connectivity index (χ4n) is 2.73. The molecular formula is C18H12ClF2N5O3S2. The summed E-state index contributed by atoms with van der Waals surface area (Å²) >= 11 is 7.11. The van der Waals surface area contributed by atoms with Gasteiger partial charge in [-0.25, -0.2) is 17.2 Å². The molecule has 8 nitrogen and oxygen atoms in total. The van der Waals surface area contributed by atoms with E-state index in [4.69, 9.17) is 16.3 Å². The number of aromatic nitrogens is 4. The van der Waals surface area contributed by atoms with Crippen LogP contribution >= 0.6 is 22.9 Å². The van der Waals surface area contributed by atoms with Gasteiger partial charge in [-0.05, 0) is 30.3 Å². The zero-order valence-electron chi connectivity index (χ0n) is 15.6. The van der Waals surface area contributed by atoms with Crippen LogP contribution in [0.4, 0.5) is 13.9 Å². The fourth-order valence-corrected chi connectivity index (χ4v) is 4.78. The Balaban J connectivity index is 1.70. The first kappa shape index (κ1) is 21.2. The highest BCUT2D eigenvalue weighted by atomic mass is 35.5. The number of nitrogens with zero attached hydrogens (tertiary/aromatic N) is 4. The molecule has 1 N–H and O–H groups in total. The molecule has 0 radical (unpaired) electrons. The Morgan fingerprint density at radius 1 is 1.16 bits per heavy atom. The van der Waals surface area contributed by atoms with Gasteiger partial charge in [-0.1, -0.05) is 22.9 Å². The maximum Gasteiger partial charge on any atom is 0.266 e. The van der Waals surface area contributed by atoms with Crippen molar-refractivity contribution in [2.24, 2.45) is 7.05 Å². The Morgan fingerprint density at radius 3 is 2.65 bits per heavy atom. The number of hydrogen-bond acceptors (Lipinski definition) is 7. The van der Waals surface area contributed by atoms with Crippen molar-refractivity contribution in [2.45, 2.75) is 4.90 Å². The Kier molecular flexibility index (Phi) is 5.60. The molecule has 2 heterocycles. The minimum atomic E-state index is -4.30. The molecule has 0 amide bonds. The Labute approximate surface area is 184 Å². The largest absolute Gasteiger partial charge is 0.455 e. The molecule has 0 aliphatic heterocycles. The number of aryl methyl sites for hydroxylation is 1. The summed E-state index contributed by atoms with van der Waals surface area (Å²) in [7, 11) is -2.63. The molecule has 2 aromatic heterocycles. The summed E-state index contributed by atoms with van der Waals surface area (Å²) in [6.07, 6.45) is 1.53. The zero-order chi connectivity index (χ0) is 22.2. The van der Waals surface area contributed by atoms with Crippen LogP contribution in [0.1, 0.15) is 0 Å². The number of ether oxygens (including phenoxy) is 1. The van der Waals surface area contributed by atoms with E-state index in [1.54, 1.807) is 13.1 Å². The van der Waals surface area contributed by atoms with E-state index in [1.807, 2.05) is 0 Å². The lowest BCUT2D eigenvalue weighted by Gasteiger charge is -2.14. The van der Waals surface area contributed by atoms with Crippen LogP contribution in [0, 0.1) is 11.6 Å². The van der Waals surface area contributed by atoms with Crippen molar-refractivity contribution in [3.05, 3.63) is 64.8 Å². The van der Waals surface area contributed by atoms with Gasteiger partial charge in [0.2, 0.25) is 5.13 Å². The van der Waals surface area contributed by atoms with Crippen LogP contribution in [0.3, 0.4) is 0 Å². The Morgan fingerprint density at radius 2 is 1.97 bits per heavy atom. The van der Waals surface area contributed by atoms with E-state index >= 15 is 0 Å². The Bertz CT molecular complexity index is 1360. The third-order valence-corrected chi connectivity index (χ3v) is 6.50. The number of rotatable bonds is 6. The molecule has 0 saturated heterocycles. The van der Waals surface area contributed by atoms with Crippen molar-refractivity contribution in [3.63, 3.8) is 0 Å². The molecule has 2 aromatic carbocycles. The van der Waals surface area contributed by atoms with Crippen molar-refractivity contribution in [2.75, 3.05) is 4.72 Å². The van der Waals surface area contributed by atoms with Gasteiger partial charge in [0.15, 0.2) is 0 Å². The highest BCUT2D eigenvalue weighted by molar-refractivity contribution is 7.93. The van der Waals surface area contributed by atoms with Gasteiger partial charge in [-0.3, -0.25) is 9.40 Å². The number of sulfonamides is 1. The summed E-state index contributed by atoms with van der Waals surface area (Å²) in [5.74, 6) is -1.58. The minimum Gasteiger partial charge on any atom is -0.455 e. The van der Waals surface area contributed by atoms with E-state index in [0.29, 0.717) is 11.3 Å². The second-order valence-corrected chi connectivity index (χ2v) is 9.04. The molecule has 0 aliphatic carbocycles. The van der Waals surface area contributed by atoms with Crippen molar-refractivity contribution < 1.29 is 21.9 Å². The molecule has 0 fully saturated rings. The number of anilines is 1. The van der Waals surface area contributed by atoms with Gasteiger partial charge in [-0.15, -0.1) is 10.2 Å². The monoisotopic (exact) mass is 483 g/mol. The van der Waals surface area contributed by atoms with Crippen LogP contribution in [-0.2, 0) is 17.1 Å². The van der Waals surface area contributed by atoms with Gasteiger partial charge < -0.3 is 4.74 Å². The van der Waals surface area contributed by atoms with E-state index in [2.05, 4.69) is 20.0 Å². The second-order valence-electron chi connectivity index (χ2n) is 6.15. The molecule has 0 saturated carbocycles. The van der Waals surface area contributed by atoms with Gasteiger partial charge in [0.05, 0.1) is 10.7 Å². The highest BCUT2D eigenvalue weighted by Crippen LogP contribution is 2.38. The predicted octanol–water partition coefficient (Wildman–Crippen LogP) is 4.46. The summed E-state index contributed by atoms with van der Waals surface area (Å²) in [6.45, 7) is 0. The first-order chi connectivity index (χ1) is 14.7. The van der Waals surface area contributed by atoms with Gasteiger partial charge in [-0.2, -0.15) is 5.10 Å². The van der Waals surface area contributed by atoms with Crippen molar-refractivity contribution in [1.82, 2.24) is 20.0 Å². The SMILES string of the molecule is Cn1nccc1-c1cc(F)ccc1Oc1cc(F)c(S(=O)(=O)Nc2nncs2)cc1Cl. The third kappa shape index (κ3) is 4.36. The second kappa shape index (κ2) is 8.21. The summed E-state index contributed by atoms with van der Waals surface area (Å²) in [6, 6.07) is 7.17. The lowest BCUT2D eigenvalue weighted by atomic mass is 10.1. The average molecular weight is 484 g/mol. The average Bonchev–Trinajstić information content (AvgIpc) is 3.36. The highest BCUT2D eigenvalue weighted by Gasteiger charge is 2.24. The number of hydrogen-bond donors (Lipinski definition) is 1. The van der Waals surface area contributed by atoms with Crippen molar-refractivity contribution in [3.8, 4) is 22.8 Å². The first-order valence-electron chi connectivity index (χ1n) is 8.48. The summed E-state index contributed by atoms with van der Waals surface area (Å²) in [5.41, 5.74) is 2.22. The van der Waals surface area contributed by atoms with Crippen LogP contribution in [-0.4, -0.2) is 28.4 Å². The molecule has 0 spiro atoms. The lowest BCUT2D eigenvalue weighted by Crippen LogP contribution is -2.14. The number of benzene rings is 2. The van der Waals surface area contributed by atoms with Gasteiger partial charge in [0.1, 0.15) is 33.5 Å². The van der Waals surface area contributed by atoms with E-state index in [9.17, 15) is 17.2 Å². The predicted molar refractivity (Wildman–Crippen MR) is 111 cm³/mol. The topological polar surface area (TPSA) is 99.0 Å². The van der Waals surface area contributed by atoms with E-state index in [1.165, 1.54) is 34.6 Å². The van der Waals surface area contributed by atoms with Crippen LogP contribution in [0.5, 0.6) is 11.5 Å². The normalized spacial score (nSPS) is 11.5. The quantitative estimate of drug-likeness (QED) is 0.434. The number of halogens is 3. The summed E-state index contributed by atoms with van der Waals surface area (Å²) in [5, 5.41) is 10.9. The van der Waals surface area contributed by atoms with Crippen LogP contribution in [0.15, 0.2) is 53.0 Å². The van der Waals surface area contributed by atoms with Crippen LogP contribution in [0.2, 0.25) is 5.02 Å². The molecule has 0 atom stereocenters. The molecule has 4 rings (SSSR count). The maximum absolute atomic E-state index is 14.7. The van der Waals surface area contributed by atoms with Crippen molar-refractivity contribution in [1.29, 1.82) is 0 Å². The molecule has 0 unspecified atom stereocenters. The van der Waals surface area contributed by atoms with Gasteiger partial charge >= 0.3 is 0 Å². The number of nitrogens with one attached hydrogen (secondary N) is 1. The summed E-state index contributed by atoms with van der Waals surface area (Å²) in [4.78, 5) is -0.689. The van der Waals surface area contributed by atoms with E-state index in [0.717, 1.165) is 23.5 Å². The van der Waals surface area contributed by atoms with Gasteiger partial charge in [0.25, 0.3) is 10.0 Å². The molecular weight excluding hydrogens is 472 g/mol. The van der Waals surface area contributed by atoms with Crippen LogP contribution < -0.4 is 9.46 Å². The molecule has 4 aromatic rings. The lowest BCUT2D eigenvalue weighted by molar-refractivity contribution is 0.473. The van der Waals surface area contributed by atoms with E-state index < -0.39 is 26.6 Å². The van der Waals surface area contributed by atoms with Crippen molar-refractivity contribution >= 4 is 38.1 Å².